The van der Waals surface area contributed by atoms with E-state index in [1.54, 1.807) is 5.32 Å². The van der Waals surface area contributed by atoms with E-state index < -0.39 is 34.9 Å². The summed E-state index contributed by atoms with van der Waals surface area (Å²) in [7, 11) is 0. The second-order valence-electron chi connectivity index (χ2n) is 6.03. The van der Waals surface area contributed by atoms with Crippen molar-refractivity contribution < 1.29 is 22.4 Å². The summed E-state index contributed by atoms with van der Waals surface area (Å²) in [6.45, 7) is -0.00949. The van der Waals surface area contributed by atoms with Crippen LogP contribution in [0, 0.1) is 23.3 Å². The first-order chi connectivity index (χ1) is 14.4. The zero-order chi connectivity index (χ0) is 21.3. The lowest BCUT2D eigenvalue weighted by Gasteiger charge is -2.07. The van der Waals surface area contributed by atoms with Gasteiger partial charge in [0, 0.05) is 17.8 Å². The van der Waals surface area contributed by atoms with Gasteiger partial charge in [-0.1, -0.05) is 30.3 Å². The van der Waals surface area contributed by atoms with Crippen LogP contribution in [0.25, 0.3) is 11.4 Å². The minimum absolute atomic E-state index is 0.00949. The molecular weight excluding hydrogens is 406 g/mol. The summed E-state index contributed by atoms with van der Waals surface area (Å²) < 4.78 is 55.2. The SMILES string of the molecule is O=C(Nc1c(F)c(F)cc(F)c1F)c1ccn(Cn2nnc(-c3ccccc3)n2)n1. The number of tetrazole rings is 1. The molecule has 0 saturated heterocycles. The average molecular weight is 417 g/mol. The zero-order valence-corrected chi connectivity index (χ0v) is 14.9. The molecule has 4 aromatic rings. The third kappa shape index (κ3) is 3.74. The van der Waals surface area contributed by atoms with Crippen LogP contribution in [0.2, 0.25) is 0 Å². The van der Waals surface area contributed by atoms with Crippen molar-refractivity contribution in [2.24, 2.45) is 0 Å². The first-order valence-corrected chi connectivity index (χ1v) is 8.43. The molecule has 0 atom stereocenters. The summed E-state index contributed by atoms with van der Waals surface area (Å²) in [5.74, 6) is -7.39. The van der Waals surface area contributed by atoms with Crippen molar-refractivity contribution in [3.05, 3.63) is 77.6 Å². The Labute approximate surface area is 165 Å². The summed E-state index contributed by atoms with van der Waals surface area (Å²) in [6, 6.07) is 10.4. The number of carbonyl (C=O) groups excluding carboxylic acids is 1. The van der Waals surface area contributed by atoms with Crippen molar-refractivity contribution in [2.75, 3.05) is 5.32 Å². The maximum atomic E-state index is 13.7. The number of benzene rings is 2. The van der Waals surface area contributed by atoms with Crippen LogP contribution in [0.4, 0.5) is 23.2 Å². The van der Waals surface area contributed by atoms with Gasteiger partial charge in [0.05, 0.1) is 0 Å². The van der Waals surface area contributed by atoms with E-state index in [9.17, 15) is 22.4 Å². The molecule has 30 heavy (non-hydrogen) atoms. The second kappa shape index (κ2) is 7.73. The van der Waals surface area contributed by atoms with Crippen LogP contribution in [0.1, 0.15) is 10.5 Å². The van der Waals surface area contributed by atoms with Gasteiger partial charge >= 0.3 is 0 Å². The minimum atomic E-state index is -1.72. The number of hydrogen-bond donors (Lipinski definition) is 1. The molecule has 1 amide bonds. The lowest BCUT2D eigenvalue weighted by Crippen LogP contribution is -2.18. The number of amides is 1. The number of nitrogens with one attached hydrogen (secondary N) is 1. The van der Waals surface area contributed by atoms with Crippen LogP contribution >= 0.6 is 0 Å². The van der Waals surface area contributed by atoms with E-state index in [0.29, 0.717) is 5.82 Å². The number of nitrogens with zero attached hydrogens (tertiary/aromatic N) is 6. The Kier molecular flexibility index (Phi) is 4.96. The molecule has 152 valence electrons. The quantitative estimate of drug-likeness (QED) is 0.398. The highest BCUT2D eigenvalue weighted by Gasteiger charge is 2.22. The van der Waals surface area contributed by atoms with Gasteiger partial charge in [-0.2, -0.15) is 5.10 Å². The molecule has 0 aliphatic rings. The smallest absolute Gasteiger partial charge is 0.276 e. The van der Waals surface area contributed by atoms with Crippen LogP contribution in [-0.4, -0.2) is 35.9 Å². The van der Waals surface area contributed by atoms with Gasteiger partial charge in [0.25, 0.3) is 5.91 Å². The number of hydrogen-bond acceptors (Lipinski definition) is 5. The molecule has 4 rings (SSSR count). The van der Waals surface area contributed by atoms with E-state index in [0.717, 1.165) is 5.56 Å². The fourth-order valence-electron chi connectivity index (χ4n) is 2.56. The highest BCUT2D eigenvalue weighted by Crippen LogP contribution is 2.24. The fourth-order valence-corrected chi connectivity index (χ4v) is 2.56. The highest BCUT2D eigenvalue weighted by molar-refractivity contribution is 6.02. The van der Waals surface area contributed by atoms with E-state index >= 15 is 0 Å². The van der Waals surface area contributed by atoms with Crippen molar-refractivity contribution in [3.8, 4) is 11.4 Å². The lowest BCUT2D eigenvalue weighted by molar-refractivity contribution is 0.102. The van der Waals surface area contributed by atoms with E-state index in [1.807, 2.05) is 30.3 Å². The summed E-state index contributed by atoms with van der Waals surface area (Å²) >= 11 is 0. The number of halogens is 4. The molecule has 2 heterocycles. The van der Waals surface area contributed by atoms with Gasteiger partial charge in [0.15, 0.2) is 35.6 Å². The van der Waals surface area contributed by atoms with Crippen molar-refractivity contribution >= 4 is 11.6 Å². The van der Waals surface area contributed by atoms with Crippen molar-refractivity contribution in [1.82, 2.24) is 30.0 Å². The summed E-state index contributed by atoms with van der Waals surface area (Å²) in [4.78, 5) is 13.4. The molecule has 2 aromatic heterocycles. The van der Waals surface area contributed by atoms with Crippen LogP contribution < -0.4 is 5.32 Å². The second-order valence-corrected chi connectivity index (χ2v) is 6.03. The maximum Gasteiger partial charge on any atom is 0.276 e. The van der Waals surface area contributed by atoms with Gasteiger partial charge in [-0.3, -0.25) is 4.79 Å². The van der Waals surface area contributed by atoms with E-state index in [-0.39, 0.29) is 18.4 Å². The monoisotopic (exact) mass is 417 g/mol. The van der Waals surface area contributed by atoms with E-state index in [1.165, 1.54) is 21.7 Å². The summed E-state index contributed by atoms with van der Waals surface area (Å²) in [5.41, 5.74) is -0.727. The molecule has 0 spiro atoms. The Hall–Kier alpha value is -4.09. The lowest BCUT2D eigenvalue weighted by atomic mass is 10.2. The van der Waals surface area contributed by atoms with Crippen LogP contribution in [0.5, 0.6) is 0 Å². The minimum Gasteiger partial charge on any atom is -0.315 e. The zero-order valence-electron chi connectivity index (χ0n) is 14.9. The van der Waals surface area contributed by atoms with Gasteiger partial charge in [0.1, 0.15) is 5.69 Å². The molecular formula is C18H11F4N7O. The molecule has 2 aromatic carbocycles. The normalized spacial score (nSPS) is 10.9. The largest absolute Gasteiger partial charge is 0.315 e. The topological polar surface area (TPSA) is 90.5 Å². The average Bonchev–Trinajstić information content (AvgIpc) is 3.40. The molecule has 12 heteroatoms. The number of anilines is 1. The number of rotatable bonds is 5. The van der Waals surface area contributed by atoms with Gasteiger partial charge < -0.3 is 5.32 Å². The highest BCUT2D eigenvalue weighted by atomic mass is 19.2. The van der Waals surface area contributed by atoms with E-state index in [2.05, 4.69) is 20.5 Å². The van der Waals surface area contributed by atoms with Crippen LogP contribution in [0.15, 0.2) is 48.7 Å². The van der Waals surface area contributed by atoms with Crippen molar-refractivity contribution in [1.29, 1.82) is 0 Å². The molecule has 0 radical (unpaired) electrons. The predicted molar refractivity (Wildman–Crippen MR) is 95.1 cm³/mol. The van der Waals surface area contributed by atoms with Crippen LogP contribution in [0.3, 0.4) is 0 Å². The molecule has 1 N–H and O–H groups in total. The Balaban J connectivity index is 1.49. The van der Waals surface area contributed by atoms with Gasteiger partial charge in [-0.05, 0) is 11.3 Å². The predicted octanol–water partition coefficient (Wildman–Crippen LogP) is 2.85. The van der Waals surface area contributed by atoms with Gasteiger partial charge in [0.2, 0.25) is 5.82 Å². The fraction of sp³-hybridized carbons (Fsp3) is 0.0556. The van der Waals surface area contributed by atoms with Crippen molar-refractivity contribution in [2.45, 2.75) is 6.67 Å². The molecule has 0 aliphatic heterocycles. The van der Waals surface area contributed by atoms with E-state index in [4.69, 9.17) is 0 Å². The number of aromatic nitrogens is 6. The third-order valence-electron chi connectivity index (χ3n) is 3.98. The Morgan fingerprint density at radius 3 is 2.37 bits per heavy atom. The molecule has 0 bridgehead atoms. The van der Waals surface area contributed by atoms with Gasteiger partial charge in [-0.15, -0.1) is 15.0 Å². The number of carbonyl (C=O) groups is 1. The first kappa shape index (κ1) is 19.2. The van der Waals surface area contributed by atoms with Crippen LogP contribution in [-0.2, 0) is 6.67 Å². The van der Waals surface area contributed by atoms with Gasteiger partial charge in [-0.25, -0.2) is 22.2 Å². The molecule has 0 aliphatic carbocycles. The molecule has 8 nitrogen and oxygen atoms in total. The first-order valence-electron chi connectivity index (χ1n) is 8.43. The standard InChI is InChI=1S/C18H11F4N7O/c19-11-8-12(20)15(22)16(14(11)21)23-18(30)13-6-7-28(25-13)9-29-26-17(24-27-29)10-4-2-1-3-5-10/h1-8H,9H2,(H,23,30). The van der Waals surface area contributed by atoms with Crippen molar-refractivity contribution in [3.63, 3.8) is 0 Å². The Morgan fingerprint density at radius 1 is 0.967 bits per heavy atom. The maximum absolute atomic E-state index is 13.7. The third-order valence-corrected chi connectivity index (χ3v) is 3.98. The Bertz CT molecular complexity index is 1200. The Morgan fingerprint density at radius 2 is 1.67 bits per heavy atom. The summed E-state index contributed by atoms with van der Waals surface area (Å²) in [6.07, 6.45) is 1.39. The molecule has 0 saturated carbocycles. The summed E-state index contributed by atoms with van der Waals surface area (Å²) in [5, 5.41) is 17.7. The molecule has 0 fully saturated rings. The molecule has 0 unspecified atom stereocenters.